The first kappa shape index (κ1) is 30.6. The molecule has 0 amide bonds. The molecule has 0 spiro atoms. The Kier molecular flexibility index (Phi) is 7.43. The van der Waals surface area contributed by atoms with Crippen LogP contribution in [0.15, 0.2) is 194 Å². The van der Waals surface area contributed by atoms with Crippen LogP contribution >= 0.6 is 0 Å². The highest BCUT2D eigenvalue weighted by Gasteiger charge is 2.29. The molecule has 0 aliphatic heterocycles. The zero-order valence-electron chi connectivity index (χ0n) is 28.8. The zero-order chi connectivity index (χ0) is 35.1. The quantitative estimate of drug-likeness (QED) is 0.168. The van der Waals surface area contributed by atoms with Crippen molar-refractivity contribution in [3.8, 4) is 67.5 Å². The predicted octanol–water partition coefficient (Wildman–Crippen LogP) is 12.8. The summed E-state index contributed by atoms with van der Waals surface area (Å²) in [5.41, 5.74) is 13.0. The number of para-hydroxylation sites is 1. The van der Waals surface area contributed by atoms with Gasteiger partial charge in [-0.2, -0.15) is 0 Å². The summed E-state index contributed by atoms with van der Waals surface area (Å²) in [5.74, 6) is 1.91. The lowest BCUT2D eigenvalue weighted by Crippen LogP contribution is -2.11. The summed E-state index contributed by atoms with van der Waals surface area (Å²) in [6.45, 7) is 0. The fourth-order valence-electron chi connectivity index (χ4n) is 7.60. The van der Waals surface area contributed by atoms with Crippen molar-refractivity contribution in [2.75, 3.05) is 4.90 Å². The SMILES string of the molecule is c1ccc(-c2ccc(N(c3ccccc3)c3cc(-c4nc(-c5ccccc5)nc(-c5ccccc5)n4)c4c(c3)-c3cccc5cccc-4c35)cc2)cc1. The molecule has 8 aromatic carbocycles. The molecule has 0 atom stereocenters. The molecule has 10 rings (SSSR count). The Labute approximate surface area is 308 Å². The number of hydrogen-bond acceptors (Lipinski definition) is 4. The molecule has 0 fully saturated rings. The van der Waals surface area contributed by atoms with Gasteiger partial charge in [-0.3, -0.25) is 0 Å². The Morgan fingerprint density at radius 3 is 1.38 bits per heavy atom. The van der Waals surface area contributed by atoms with Gasteiger partial charge in [-0.05, 0) is 75.0 Å². The average molecular weight is 677 g/mol. The first-order valence-corrected chi connectivity index (χ1v) is 17.9. The summed E-state index contributed by atoms with van der Waals surface area (Å²) in [5, 5.41) is 2.47. The van der Waals surface area contributed by atoms with Gasteiger partial charge in [-0.15, -0.1) is 0 Å². The molecular weight excluding hydrogens is 645 g/mol. The van der Waals surface area contributed by atoms with Crippen molar-refractivity contribution >= 4 is 27.8 Å². The predicted molar refractivity (Wildman–Crippen MR) is 218 cm³/mol. The van der Waals surface area contributed by atoms with Crippen LogP contribution in [-0.2, 0) is 0 Å². The molecule has 4 heteroatoms. The molecule has 0 radical (unpaired) electrons. The van der Waals surface area contributed by atoms with E-state index < -0.39 is 0 Å². The van der Waals surface area contributed by atoms with E-state index in [4.69, 9.17) is 15.0 Å². The fourth-order valence-corrected chi connectivity index (χ4v) is 7.60. The van der Waals surface area contributed by atoms with E-state index in [1.165, 1.54) is 33.0 Å². The lowest BCUT2D eigenvalue weighted by molar-refractivity contribution is 1.07. The minimum atomic E-state index is 0.632. The molecule has 1 aliphatic carbocycles. The second-order valence-corrected chi connectivity index (χ2v) is 13.2. The van der Waals surface area contributed by atoms with Gasteiger partial charge in [0.05, 0.1) is 0 Å². The van der Waals surface area contributed by atoms with Crippen LogP contribution in [0.5, 0.6) is 0 Å². The van der Waals surface area contributed by atoms with Gasteiger partial charge in [0.15, 0.2) is 17.5 Å². The lowest BCUT2D eigenvalue weighted by atomic mass is 9.95. The van der Waals surface area contributed by atoms with E-state index in [1.54, 1.807) is 0 Å². The van der Waals surface area contributed by atoms with E-state index >= 15 is 0 Å². The van der Waals surface area contributed by atoms with Crippen molar-refractivity contribution in [2.45, 2.75) is 0 Å². The second-order valence-electron chi connectivity index (χ2n) is 13.2. The summed E-state index contributed by atoms with van der Waals surface area (Å²) >= 11 is 0. The van der Waals surface area contributed by atoms with Crippen LogP contribution in [0.4, 0.5) is 17.1 Å². The summed E-state index contributed by atoms with van der Waals surface area (Å²) in [6, 6.07) is 68.1. The second kappa shape index (κ2) is 12.9. The van der Waals surface area contributed by atoms with Gasteiger partial charge in [0, 0.05) is 39.3 Å². The monoisotopic (exact) mass is 676 g/mol. The highest BCUT2D eigenvalue weighted by Crippen LogP contribution is 2.53. The fraction of sp³-hybridized carbons (Fsp3) is 0. The largest absolute Gasteiger partial charge is 0.310 e. The Bertz CT molecular complexity index is 2680. The van der Waals surface area contributed by atoms with Crippen LogP contribution < -0.4 is 4.90 Å². The van der Waals surface area contributed by atoms with Gasteiger partial charge in [0.1, 0.15) is 0 Å². The molecule has 1 heterocycles. The van der Waals surface area contributed by atoms with E-state index in [-0.39, 0.29) is 0 Å². The van der Waals surface area contributed by atoms with E-state index in [0.29, 0.717) is 17.5 Å². The van der Waals surface area contributed by atoms with Crippen LogP contribution in [0.2, 0.25) is 0 Å². The molecule has 1 aliphatic rings. The normalized spacial score (nSPS) is 11.4. The van der Waals surface area contributed by atoms with Crippen LogP contribution in [-0.4, -0.2) is 15.0 Å². The smallest absolute Gasteiger partial charge is 0.164 e. The molecule has 53 heavy (non-hydrogen) atoms. The lowest BCUT2D eigenvalue weighted by Gasteiger charge is -2.27. The number of rotatable bonds is 7. The Hall–Kier alpha value is -7.17. The van der Waals surface area contributed by atoms with Gasteiger partial charge < -0.3 is 4.90 Å². The first-order chi connectivity index (χ1) is 26.3. The maximum atomic E-state index is 5.25. The van der Waals surface area contributed by atoms with Crippen molar-refractivity contribution in [3.63, 3.8) is 0 Å². The van der Waals surface area contributed by atoms with Crippen LogP contribution in [0, 0.1) is 0 Å². The topological polar surface area (TPSA) is 41.9 Å². The van der Waals surface area contributed by atoms with Gasteiger partial charge in [-0.1, -0.05) is 158 Å². The minimum Gasteiger partial charge on any atom is -0.310 e. The van der Waals surface area contributed by atoms with Crippen LogP contribution in [0.1, 0.15) is 0 Å². The molecule has 248 valence electrons. The van der Waals surface area contributed by atoms with Crippen molar-refractivity contribution in [2.24, 2.45) is 0 Å². The summed E-state index contributed by atoms with van der Waals surface area (Å²) in [7, 11) is 0. The average Bonchev–Trinajstić information content (AvgIpc) is 3.57. The van der Waals surface area contributed by atoms with E-state index in [2.05, 4.69) is 163 Å². The molecule has 4 nitrogen and oxygen atoms in total. The third-order valence-electron chi connectivity index (χ3n) is 10.0. The highest BCUT2D eigenvalue weighted by molar-refractivity contribution is 6.18. The molecular formula is C49H32N4. The van der Waals surface area contributed by atoms with Crippen molar-refractivity contribution in [1.82, 2.24) is 15.0 Å². The van der Waals surface area contributed by atoms with Gasteiger partial charge in [0.2, 0.25) is 0 Å². The molecule has 0 N–H and O–H groups in total. The molecule has 0 bridgehead atoms. The third-order valence-corrected chi connectivity index (χ3v) is 10.0. The summed E-state index contributed by atoms with van der Waals surface area (Å²) < 4.78 is 0. The van der Waals surface area contributed by atoms with Crippen molar-refractivity contribution in [3.05, 3.63) is 194 Å². The van der Waals surface area contributed by atoms with Crippen molar-refractivity contribution in [1.29, 1.82) is 0 Å². The van der Waals surface area contributed by atoms with Gasteiger partial charge in [-0.25, -0.2) is 15.0 Å². The van der Waals surface area contributed by atoms with Crippen molar-refractivity contribution < 1.29 is 0 Å². The maximum Gasteiger partial charge on any atom is 0.164 e. The molecule has 9 aromatic rings. The number of benzene rings is 8. The zero-order valence-corrected chi connectivity index (χ0v) is 28.8. The summed E-state index contributed by atoms with van der Waals surface area (Å²) in [6.07, 6.45) is 0. The standard InChI is InChI=1S/C49H32N4/c1-5-15-33(16-6-1)34-27-29-39(30-28-34)53(38-23-11-4-12-24-38)40-31-43-41-25-13-21-35-22-14-26-42(45(35)41)46(43)44(32-40)49-51-47(36-17-7-2-8-18-36)50-48(52-49)37-19-9-3-10-20-37/h1-32H. The number of nitrogens with zero attached hydrogens (tertiary/aromatic N) is 4. The molecule has 0 saturated heterocycles. The number of hydrogen-bond donors (Lipinski definition) is 0. The van der Waals surface area contributed by atoms with Crippen LogP contribution in [0.25, 0.3) is 78.3 Å². The highest BCUT2D eigenvalue weighted by atomic mass is 15.1. The Morgan fingerprint density at radius 2 is 0.774 bits per heavy atom. The summed E-state index contributed by atoms with van der Waals surface area (Å²) in [4.78, 5) is 17.9. The third kappa shape index (κ3) is 5.45. The van der Waals surface area contributed by atoms with E-state index in [9.17, 15) is 0 Å². The van der Waals surface area contributed by atoms with E-state index in [0.717, 1.165) is 44.9 Å². The number of aromatic nitrogens is 3. The molecule has 0 unspecified atom stereocenters. The van der Waals surface area contributed by atoms with Gasteiger partial charge in [0.25, 0.3) is 0 Å². The van der Waals surface area contributed by atoms with E-state index in [1.807, 2.05) is 36.4 Å². The van der Waals surface area contributed by atoms with Gasteiger partial charge >= 0.3 is 0 Å². The van der Waals surface area contributed by atoms with Crippen LogP contribution in [0.3, 0.4) is 0 Å². The Morgan fingerprint density at radius 1 is 0.302 bits per heavy atom. The first-order valence-electron chi connectivity index (χ1n) is 17.9. The number of anilines is 3. The number of fused-ring (bicyclic) bond motifs is 3. The Balaban J connectivity index is 1.24. The molecule has 0 saturated carbocycles. The minimum absolute atomic E-state index is 0.632. The molecule has 1 aromatic heterocycles. The maximum absolute atomic E-state index is 5.25.